The molecule has 0 fully saturated rings. The molecule has 0 rings (SSSR count). The molecule has 51 valence electrons. The average Bonchev–Trinajstić information content (AvgIpc) is 1.72. The largest absolute Gasteiger partial charge is 0.358 e. The third-order valence-electron chi connectivity index (χ3n) is 0.454. The van der Waals surface area contributed by atoms with Gasteiger partial charge in [-0.3, -0.25) is 0 Å². The van der Waals surface area contributed by atoms with E-state index < -0.39 is 16.2 Å². The Bertz CT molecular complexity index is 132. The minimum Gasteiger partial charge on any atom is -0.358 e. The van der Waals surface area contributed by atoms with E-state index in [1.807, 2.05) is 0 Å². The third kappa shape index (κ3) is 4.23. The van der Waals surface area contributed by atoms with Crippen LogP contribution in [0.4, 0.5) is 0 Å². The zero-order chi connectivity index (χ0) is 5.70. The molecule has 0 aliphatic rings. The monoisotopic (exact) mass is 289 g/mol. The Morgan fingerprint density at radius 2 is 1.12 bits per heavy atom. The van der Waals surface area contributed by atoms with E-state index in [1.165, 1.54) is 0 Å². The van der Waals surface area contributed by atoms with Crippen LogP contribution in [-0.2, 0) is 16.2 Å². The molecule has 0 aromatic rings. The molecule has 0 heterocycles. The molecule has 0 atom stereocenters. The molecule has 0 aromatic carbocycles. The van der Waals surface area contributed by atoms with Gasteiger partial charge in [0.2, 0.25) is 0 Å². The molecule has 3 nitrogen and oxygen atoms in total. The Morgan fingerprint density at radius 3 is 1.12 bits per heavy atom. The molecule has 0 saturated carbocycles. The van der Waals surface area contributed by atoms with Crippen molar-refractivity contribution in [3.05, 3.63) is 7.43 Å². The molecule has 4 heteroatoms. The molecule has 0 amide bonds. The van der Waals surface area contributed by atoms with Crippen molar-refractivity contribution >= 4 is 0 Å². The van der Waals surface area contributed by atoms with Crippen LogP contribution in [0.1, 0.15) is 0 Å². The SMILES string of the molecule is C[N]=[Re](=[N]C)=[N]C.[CH3-]. The van der Waals surface area contributed by atoms with Gasteiger partial charge in [0.25, 0.3) is 0 Å². The third-order valence-corrected chi connectivity index (χ3v) is 3.71. The van der Waals surface area contributed by atoms with E-state index >= 15 is 0 Å². The average molecular weight is 288 g/mol. The second-order valence-electron chi connectivity index (χ2n) is 0.734. The second kappa shape index (κ2) is 7.06. The summed E-state index contributed by atoms with van der Waals surface area (Å²) in [4.78, 5) is 0. The molecule has 0 spiro atoms. The summed E-state index contributed by atoms with van der Waals surface area (Å²) in [6.45, 7) is 0. The fraction of sp³-hybridized carbons (Fsp3) is 0.750. The Labute approximate surface area is 55.9 Å². The first-order valence-corrected chi connectivity index (χ1v) is 5.49. The number of hydrogen-bond acceptors (Lipinski definition) is 3. The van der Waals surface area contributed by atoms with E-state index in [2.05, 4.69) is 10.7 Å². The van der Waals surface area contributed by atoms with Gasteiger partial charge in [-0.1, -0.05) is 0 Å². The van der Waals surface area contributed by atoms with Crippen LogP contribution in [0.15, 0.2) is 10.7 Å². The summed E-state index contributed by atoms with van der Waals surface area (Å²) in [5, 5.41) is 0. The van der Waals surface area contributed by atoms with E-state index in [4.69, 9.17) is 0 Å². The predicted octanol–water partition coefficient (Wildman–Crippen LogP) is 1.50. The quantitative estimate of drug-likeness (QED) is 0.606. The molecule has 0 N–H and O–H groups in total. The van der Waals surface area contributed by atoms with Gasteiger partial charge in [0, 0.05) is 0 Å². The van der Waals surface area contributed by atoms with Gasteiger partial charge in [0.15, 0.2) is 0 Å². The molecule has 0 aromatic heterocycles. The molecular weight excluding hydrogens is 276 g/mol. The molecule has 0 saturated heterocycles. The number of rotatable bonds is 0. The van der Waals surface area contributed by atoms with Gasteiger partial charge < -0.3 is 7.43 Å². The zero-order valence-corrected chi connectivity index (χ0v) is 8.44. The van der Waals surface area contributed by atoms with Gasteiger partial charge in [0.1, 0.15) is 0 Å². The second-order valence-corrected chi connectivity index (χ2v) is 6.01. The fourth-order valence-corrected chi connectivity index (χ4v) is 1.86. The van der Waals surface area contributed by atoms with E-state index in [0.29, 0.717) is 0 Å². The standard InChI is InChI=1S/3CH3N.CH3.Re/c3*1-2;;/h3*1H3;1H3;/q;;;-1;. The van der Waals surface area contributed by atoms with Crippen molar-refractivity contribution in [1.82, 2.24) is 0 Å². The Balaban J connectivity index is 0. The van der Waals surface area contributed by atoms with E-state index in [9.17, 15) is 0 Å². The summed E-state index contributed by atoms with van der Waals surface area (Å²) < 4.78 is 11.9. The minimum atomic E-state index is -1.68. The van der Waals surface area contributed by atoms with Crippen LogP contribution in [0.25, 0.3) is 0 Å². The first kappa shape index (κ1) is 10.9. The van der Waals surface area contributed by atoms with Gasteiger partial charge in [-0.15, -0.1) is 0 Å². The first-order chi connectivity index (χ1) is 3.35. The Kier molecular flexibility index (Phi) is 9.66. The summed E-state index contributed by atoms with van der Waals surface area (Å²) in [7, 11) is 5.34. The van der Waals surface area contributed by atoms with E-state index in [0.717, 1.165) is 0 Å². The van der Waals surface area contributed by atoms with Crippen molar-refractivity contribution in [3.8, 4) is 0 Å². The van der Waals surface area contributed by atoms with Crippen LogP contribution in [0.5, 0.6) is 0 Å². The normalized spacial score (nSPS) is 6.38. The fourth-order valence-electron chi connectivity index (χ4n) is 0.227. The molecule has 0 bridgehead atoms. The molecular formula is C4H12N3Re-. The first-order valence-electron chi connectivity index (χ1n) is 1.85. The van der Waals surface area contributed by atoms with E-state index in [1.54, 1.807) is 21.1 Å². The van der Waals surface area contributed by atoms with Crippen LogP contribution in [0.3, 0.4) is 0 Å². The summed E-state index contributed by atoms with van der Waals surface area (Å²) in [5.74, 6) is 0. The van der Waals surface area contributed by atoms with Crippen molar-refractivity contribution in [2.75, 3.05) is 21.1 Å². The van der Waals surface area contributed by atoms with Gasteiger partial charge in [-0.2, -0.15) is 0 Å². The maximum absolute atomic E-state index is 3.98. The van der Waals surface area contributed by atoms with Gasteiger partial charge in [0.05, 0.1) is 0 Å². The van der Waals surface area contributed by atoms with Crippen LogP contribution >= 0.6 is 0 Å². The van der Waals surface area contributed by atoms with Crippen LogP contribution in [-0.4, -0.2) is 21.1 Å². The van der Waals surface area contributed by atoms with E-state index in [-0.39, 0.29) is 7.43 Å². The molecule has 0 aliphatic carbocycles. The summed E-state index contributed by atoms with van der Waals surface area (Å²) in [6.07, 6.45) is 0. The maximum atomic E-state index is 3.98. The summed E-state index contributed by atoms with van der Waals surface area (Å²) in [5.41, 5.74) is 0. The zero-order valence-electron chi connectivity index (χ0n) is 5.72. The molecule has 8 heavy (non-hydrogen) atoms. The molecule has 0 radical (unpaired) electrons. The minimum absolute atomic E-state index is 0. The van der Waals surface area contributed by atoms with Crippen LogP contribution < -0.4 is 0 Å². The molecule has 0 aliphatic heterocycles. The van der Waals surface area contributed by atoms with Gasteiger partial charge in [-0.05, 0) is 0 Å². The number of nitrogens with zero attached hydrogens (tertiary/aromatic N) is 3. The van der Waals surface area contributed by atoms with Crippen molar-refractivity contribution in [1.29, 1.82) is 0 Å². The number of hydrogen-bond donors (Lipinski definition) is 0. The Hall–Kier alpha value is 0.0623. The van der Waals surface area contributed by atoms with Gasteiger partial charge >= 0.3 is 48.1 Å². The summed E-state index contributed by atoms with van der Waals surface area (Å²) >= 11 is -1.68. The summed E-state index contributed by atoms with van der Waals surface area (Å²) in [6, 6.07) is 0. The van der Waals surface area contributed by atoms with Crippen molar-refractivity contribution in [2.45, 2.75) is 0 Å². The van der Waals surface area contributed by atoms with Crippen molar-refractivity contribution in [2.24, 2.45) is 10.7 Å². The maximum Gasteiger partial charge on any atom is -0.358 e. The molecule has 0 unspecified atom stereocenters. The smallest absolute Gasteiger partial charge is 0.358 e. The van der Waals surface area contributed by atoms with Crippen molar-refractivity contribution in [3.63, 3.8) is 0 Å². The Morgan fingerprint density at radius 1 is 0.875 bits per heavy atom. The van der Waals surface area contributed by atoms with Gasteiger partial charge in [-0.25, -0.2) is 0 Å². The van der Waals surface area contributed by atoms with Crippen LogP contribution in [0, 0.1) is 7.43 Å². The van der Waals surface area contributed by atoms with Crippen LogP contribution in [0.2, 0.25) is 0 Å². The topological polar surface area (TPSA) is 37.1 Å². The van der Waals surface area contributed by atoms with Crippen molar-refractivity contribution < 1.29 is 16.2 Å². The predicted molar refractivity (Wildman–Crippen MR) is 31.5 cm³/mol.